The van der Waals surface area contributed by atoms with Gasteiger partial charge in [-0.25, -0.2) is 0 Å². The van der Waals surface area contributed by atoms with Crippen LogP contribution in [0.5, 0.6) is 0 Å². The summed E-state index contributed by atoms with van der Waals surface area (Å²) in [6, 6.07) is 0.367. The van der Waals surface area contributed by atoms with Crippen molar-refractivity contribution in [2.75, 3.05) is 26.7 Å². The smallest absolute Gasteiger partial charge is 0.188 e. The lowest BCUT2D eigenvalue weighted by Gasteiger charge is -2.27. The number of likely N-dealkylation sites (tertiary alicyclic amines) is 1. The molecule has 1 saturated heterocycles. The van der Waals surface area contributed by atoms with Crippen LogP contribution in [0.4, 0.5) is 0 Å². The first-order valence-electron chi connectivity index (χ1n) is 5.83. The zero-order chi connectivity index (χ0) is 11.3. The fourth-order valence-corrected chi connectivity index (χ4v) is 1.81. The molecular formula is C11H24N4. The standard InChI is InChI=1S/C11H24N4/c1-9(2)14-11(12)13-8-10-4-6-15(3)7-5-10/h9-10H,4-8H2,1-3H3,(H3,12,13,14). The van der Waals surface area contributed by atoms with Gasteiger partial charge in [-0.15, -0.1) is 0 Å². The molecule has 1 aliphatic heterocycles. The minimum absolute atomic E-state index is 0.367. The predicted molar refractivity (Wildman–Crippen MR) is 65.0 cm³/mol. The van der Waals surface area contributed by atoms with E-state index in [9.17, 15) is 0 Å². The normalized spacial score (nSPS) is 20.9. The van der Waals surface area contributed by atoms with Crippen molar-refractivity contribution in [2.24, 2.45) is 16.6 Å². The maximum absolute atomic E-state index is 5.75. The van der Waals surface area contributed by atoms with E-state index in [0.29, 0.717) is 17.9 Å². The average molecular weight is 212 g/mol. The SMILES string of the molecule is CC(C)NC(N)=NCC1CCN(C)CC1. The van der Waals surface area contributed by atoms with Crippen molar-refractivity contribution in [3.05, 3.63) is 0 Å². The molecule has 0 aliphatic carbocycles. The number of hydrogen-bond donors (Lipinski definition) is 2. The Hall–Kier alpha value is -0.770. The molecule has 0 unspecified atom stereocenters. The predicted octanol–water partition coefficient (Wildman–Crippen LogP) is 0.641. The minimum atomic E-state index is 0.367. The van der Waals surface area contributed by atoms with Crippen LogP contribution in [0.15, 0.2) is 4.99 Å². The quantitative estimate of drug-likeness (QED) is 0.533. The van der Waals surface area contributed by atoms with E-state index in [1.54, 1.807) is 0 Å². The first kappa shape index (κ1) is 12.3. The summed E-state index contributed by atoms with van der Waals surface area (Å²) in [5.74, 6) is 1.30. The zero-order valence-corrected chi connectivity index (χ0v) is 10.2. The van der Waals surface area contributed by atoms with Gasteiger partial charge in [0, 0.05) is 12.6 Å². The van der Waals surface area contributed by atoms with E-state index in [1.807, 2.05) is 0 Å². The number of guanidine groups is 1. The second-order valence-electron chi connectivity index (χ2n) is 4.77. The van der Waals surface area contributed by atoms with E-state index in [0.717, 1.165) is 6.54 Å². The topological polar surface area (TPSA) is 53.6 Å². The first-order valence-corrected chi connectivity index (χ1v) is 5.83. The fraction of sp³-hybridized carbons (Fsp3) is 0.909. The number of nitrogens with zero attached hydrogens (tertiary/aromatic N) is 2. The summed E-state index contributed by atoms with van der Waals surface area (Å²) < 4.78 is 0. The van der Waals surface area contributed by atoms with Crippen molar-refractivity contribution in [3.63, 3.8) is 0 Å². The number of piperidine rings is 1. The Labute approximate surface area is 92.9 Å². The van der Waals surface area contributed by atoms with Gasteiger partial charge in [-0.3, -0.25) is 4.99 Å². The lowest BCUT2D eigenvalue weighted by Crippen LogP contribution is -2.37. The van der Waals surface area contributed by atoms with Gasteiger partial charge in [0.15, 0.2) is 5.96 Å². The van der Waals surface area contributed by atoms with Crippen LogP contribution >= 0.6 is 0 Å². The third-order valence-corrected chi connectivity index (χ3v) is 2.79. The Balaban J connectivity index is 2.24. The van der Waals surface area contributed by atoms with Gasteiger partial charge in [-0.2, -0.15) is 0 Å². The molecule has 0 radical (unpaired) electrons. The molecule has 4 nitrogen and oxygen atoms in total. The highest BCUT2D eigenvalue weighted by atomic mass is 15.1. The second kappa shape index (κ2) is 5.95. The van der Waals surface area contributed by atoms with Crippen molar-refractivity contribution in [1.29, 1.82) is 0 Å². The van der Waals surface area contributed by atoms with Crippen LogP contribution in [0.3, 0.4) is 0 Å². The largest absolute Gasteiger partial charge is 0.370 e. The molecule has 1 heterocycles. The van der Waals surface area contributed by atoms with Crippen LogP contribution in [-0.4, -0.2) is 43.6 Å². The van der Waals surface area contributed by atoms with Gasteiger partial charge >= 0.3 is 0 Å². The van der Waals surface area contributed by atoms with E-state index in [2.05, 4.69) is 36.1 Å². The molecule has 0 aromatic rings. The highest BCUT2D eigenvalue weighted by Crippen LogP contribution is 2.15. The number of hydrogen-bond acceptors (Lipinski definition) is 2. The molecule has 15 heavy (non-hydrogen) atoms. The molecule has 88 valence electrons. The lowest BCUT2D eigenvalue weighted by molar-refractivity contribution is 0.223. The van der Waals surface area contributed by atoms with Gasteiger partial charge in [0.2, 0.25) is 0 Å². The van der Waals surface area contributed by atoms with E-state index in [4.69, 9.17) is 5.73 Å². The van der Waals surface area contributed by atoms with E-state index in [1.165, 1.54) is 25.9 Å². The third kappa shape index (κ3) is 5.02. The van der Waals surface area contributed by atoms with Crippen LogP contribution in [0, 0.1) is 5.92 Å². The van der Waals surface area contributed by atoms with Crippen LogP contribution in [0.25, 0.3) is 0 Å². The van der Waals surface area contributed by atoms with Gasteiger partial charge in [-0.05, 0) is 52.7 Å². The third-order valence-electron chi connectivity index (χ3n) is 2.79. The molecule has 0 aromatic carbocycles. The highest BCUT2D eigenvalue weighted by Gasteiger charge is 2.15. The van der Waals surface area contributed by atoms with E-state index < -0.39 is 0 Å². The van der Waals surface area contributed by atoms with Crippen LogP contribution in [0.2, 0.25) is 0 Å². The molecule has 0 bridgehead atoms. The number of rotatable bonds is 3. The molecule has 0 amide bonds. The van der Waals surface area contributed by atoms with E-state index >= 15 is 0 Å². The molecule has 3 N–H and O–H groups in total. The van der Waals surface area contributed by atoms with E-state index in [-0.39, 0.29) is 0 Å². The molecule has 0 spiro atoms. The molecule has 0 aromatic heterocycles. The number of nitrogens with one attached hydrogen (secondary N) is 1. The molecule has 1 fully saturated rings. The molecule has 4 heteroatoms. The summed E-state index contributed by atoms with van der Waals surface area (Å²) in [6.45, 7) is 7.39. The Morgan fingerprint density at radius 2 is 2.07 bits per heavy atom. The number of nitrogens with two attached hydrogens (primary N) is 1. The molecular weight excluding hydrogens is 188 g/mol. The molecule has 1 rings (SSSR count). The molecule has 0 atom stereocenters. The van der Waals surface area contributed by atoms with Gasteiger partial charge in [0.05, 0.1) is 0 Å². The Morgan fingerprint density at radius 3 is 2.60 bits per heavy atom. The maximum Gasteiger partial charge on any atom is 0.188 e. The monoisotopic (exact) mass is 212 g/mol. The molecule has 0 saturated carbocycles. The Bertz CT molecular complexity index is 205. The van der Waals surface area contributed by atoms with Crippen molar-refractivity contribution < 1.29 is 0 Å². The summed E-state index contributed by atoms with van der Waals surface area (Å²) in [5, 5.41) is 3.11. The summed E-state index contributed by atoms with van der Waals surface area (Å²) >= 11 is 0. The van der Waals surface area contributed by atoms with Gasteiger partial charge in [0.25, 0.3) is 0 Å². The van der Waals surface area contributed by atoms with Crippen LogP contribution in [0.1, 0.15) is 26.7 Å². The summed E-state index contributed by atoms with van der Waals surface area (Å²) in [7, 11) is 2.17. The Kier molecular flexibility index (Phi) is 4.88. The number of aliphatic imine (C=N–C) groups is 1. The highest BCUT2D eigenvalue weighted by molar-refractivity contribution is 5.78. The fourth-order valence-electron chi connectivity index (χ4n) is 1.81. The summed E-state index contributed by atoms with van der Waals surface area (Å²) in [6.07, 6.45) is 2.49. The van der Waals surface area contributed by atoms with Crippen molar-refractivity contribution in [1.82, 2.24) is 10.2 Å². The van der Waals surface area contributed by atoms with Gasteiger partial charge < -0.3 is 16.0 Å². The Morgan fingerprint density at radius 1 is 1.47 bits per heavy atom. The first-order chi connectivity index (χ1) is 7.08. The average Bonchev–Trinajstić information content (AvgIpc) is 2.16. The van der Waals surface area contributed by atoms with Crippen molar-refractivity contribution >= 4 is 5.96 Å². The second-order valence-corrected chi connectivity index (χ2v) is 4.77. The lowest BCUT2D eigenvalue weighted by atomic mass is 9.97. The maximum atomic E-state index is 5.75. The zero-order valence-electron chi connectivity index (χ0n) is 10.2. The van der Waals surface area contributed by atoms with Gasteiger partial charge in [-0.1, -0.05) is 0 Å². The van der Waals surface area contributed by atoms with Crippen molar-refractivity contribution in [2.45, 2.75) is 32.7 Å². The van der Waals surface area contributed by atoms with Crippen LogP contribution in [-0.2, 0) is 0 Å². The molecule has 1 aliphatic rings. The minimum Gasteiger partial charge on any atom is -0.370 e. The van der Waals surface area contributed by atoms with Gasteiger partial charge in [0.1, 0.15) is 0 Å². The summed E-state index contributed by atoms with van der Waals surface area (Å²) in [5.41, 5.74) is 5.75. The summed E-state index contributed by atoms with van der Waals surface area (Å²) in [4.78, 5) is 6.75. The van der Waals surface area contributed by atoms with Crippen molar-refractivity contribution in [3.8, 4) is 0 Å². The van der Waals surface area contributed by atoms with Crippen LogP contribution < -0.4 is 11.1 Å².